The zero-order valence-corrected chi connectivity index (χ0v) is 19.2. The van der Waals surface area contributed by atoms with Gasteiger partial charge in [0.05, 0.1) is 17.3 Å². The molecule has 1 aliphatic rings. The molecule has 0 unspecified atom stereocenters. The third-order valence-electron chi connectivity index (χ3n) is 5.91. The van der Waals surface area contributed by atoms with E-state index in [1.807, 2.05) is 59.4 Å². The highest BCUT2D eigenvalue weighted by molar-refractivity contribution is 6.34. The molecule has 0 saturated carbocycles. The molecule has 1 aliphatic heterocycles. The second-order valence-corrected chi connectivity index (χ2v) is 8.62. The van der Waals surface area contributed by atoms with E-state index in [4.69, 9.17) is 11.6 Å². The van der Waals surface area contributed by atoms with E-state index < -0.39 is 0 Å². The van der Waals surface area contributed by atoms with Gasteiger partial charge in [0, 0.05) is 36.6 Å². The van der Waals surface area contributed by atoms with Gasteiger partial charge in [-0.15, -0.1) is 0 Å². The van der Waals surface area contributed by atoms with E-state index in [-0.39, 0.29) is 11.8 Å². The summed E-state index contributed by atoms with van der Waals surface area (Å²) in [4.78, 5) is 26.9. The van der Waals surface area contributed by atoms with Crippen LogP contribution in [0, 0.1) is 0 Å². The number of anilines is 2. The quantitative estimate of drug-likeness (QED) is 0.397. The Bertz CT molecular complexity index is 1330. The van der Waals surface area contributed by atoms with Crippen LogP contribution in [0.15, 0.2) is 85.2 Å². The first kappa shape index (κ1) is 21.9. The molecular formula is C27H23ClN4O2. The van der Waals surface area contributed by atoms with Crippen LogP contribution in [-0.2, 0) is 11.3 Å². The van der Waals surface area contributed by atoms with Crippen molar-refractivity contribution in [1.82, 2.24) is 9.78 Å². The number of carbonyl (C=O) groups is 2. The van der Waals surface area contributed by atoms with Crippen molar-refractivity contribution in [2.45, 2.75) is 19.4 Å². The normalized spacial score (nSPS) is 13.3. The van der Waals surface area contributed by atoms with E-state index in [1.54, 1.807) is 35.4 Å². The Kier molecular flexibility index (Phi) is 6.14. The average Bonchev–Trinajstić information content (AvgIpc) is 3.51. The van der Waals surface area contributed by atoms with Crippen molar-refractivity contribution in [3.05, 3.63) is 101 Å². The Morgan fingerprint density at radius 1 is 1.03 bits per heavy atom. The minimum atomic E-state index is -0.225. The fourth-order valence-electron chi connectivity index (χ4n) is 4.21. The lowest BCUT2D eigenvalue weighted by atomic mass is 9.98. The number of nitrogens with one attached hydrogen (secondary N) is 1. The maximum atomic E-state index is 13.2. The van der Waals surface area contributed by atoms with Crippen LogP contribution in [0.1, 0.15) is 28.8 Å². The van der Waals surface area contributed by atoms with Gasteiger partial charge < -0.3 is 10.2 Å². The highest BCUT2D eigenvalue weighted by Gasteiger charge is 2.24. The summed E-state index contributed by atoms with van der Waals surface area (Å²) in [5.41, 5.74) is 4.75. The van der Waals surface area contributed by atoms with E-state index in [1.165, 1.54) is 0 Å². The number of hydrogen-bond acceptors (Lipinski definition) is 3. The topological polar surface area (TPSA) is 67.2 Å². The Morgan fingerprint density at radius 3 is 2.56 bits per heavy atom. The van der Waals surface area contributed by atoms with Crippen LogP contribution < -0.4 is 10.2 Å². The zero-order valence-electron chi connectivity index (χ0n) is 18.4. The molecule has 6 nitrogen and oxygen atoms in total. The van der Waals surface area contributed by atoms with Crippen molar-refractivity contribution < 1.29 is 9.59 Å². The van der Waals surface area contributed by atoms with Gasteiger partial charge in [0.1, 0.15) is 0 Å². The monoisotopic (exact) mass is 470 g/mol. The third kappa shape index (κ3) is 4.58. The van der Waals surface area contributed by atoms with Gasteiger partial charge in [-0.05, 0) is 53.4 Å². The molecule has 2 amide bonds. The van der Waals surface area contributed by atoms with Gasteiger partial charge in [-0.1, -0.05) is 54.1 Å². The van der Waals surface area contributed by atoms with E-state index in [9.17, 15) is 9.59 Å². The molecule has 3 aromatic carbocycles. The highest BCUT2D eigenvalue weighted by atomic mass is 35.5. The second-order valence-electron chi connectivity index (χ2n) is 8.22. The molecule has 5 rings (SSSR count). The number of amides is 2. The summed E-state index contributed by atoms with van der Waals surface area (Å²) in [5.74, 6) is -0.152. The number of rotatable bonds is 6. The summed E-state index contributed by atoms with van der Waals surface area (Å²) >= 11 is 6.45. The first-order valence-electron chi connectivity index (χ1n) is 11.2. The molecule has 34 heavy (non-hydrogen) atoms. The Hall–Kier alpha value is -3.90. The van der Waals surface area contributed by atoms with Crippen LogP contribution in [0.5, 0.6) is 0 Å². The largest absolute Gasteiger partial charge is 0.322 e. The minimum Gasteiger partial charge on any atom is -0.322 e. The van der Waals surface area contributed by atoms with Crippen LogP contribution in [0.4, 0.5) is 11.4 Å². The molecule has 170 valence electrons. The van der Waals surface area contributed by atoms with Crippen molar-refractivity contribution in [3.63, 3.8) is 0 Å². The van der Waals surface area contributed by atoms with Crippen molar-refractivity contribution in [2.75, 3.05) is 16.8 Å². The van der Waals surface area contributed by atoms with Crippen molar-refractivity contribution in [1.29, 1.82) is 0 Å². The molecule has 0 spiro atoms. The summed E-state index contributed by atoms with van der Waals surface area (Å²) in [6.07, 6.45) is 5.05. The molecule has 7 heteroatoms. The van der Waals surface area contributed by atoms with Gasteiger partial charge in [-0.25, -0.2) is 0 Å². The highest BCUT2D eigenvalue weighted by Crippen LogP contribution is 2.32. The predicted molar refractivity (Wildman–Crippen MR) is 134 cm³/mol. The summed E-state index contributed by atoms with van der Waals surface area (Å²) in [5, 5.41) is 7.62. The lowest BCUT2D eigenvalue weighted by Crippen LogP contribution is -2.24. The fraction of sp³-hybridized carbons (Fsp3) is 0.148. The van der Waals surface area contributed by atoms with Crippen LogP contribution in [0.25, 0.3) is 11.1 Å². The summed E-state index contributed by atoms with van der Waals surface area (Å²) < 4.78 is 1.87. The molecule has 0 atom stereocenters. The fourth-order valence-corrected chi connectivity index (χ4v) is 4.49. The van der Waals surface area contributed by atoms with Gasteiger partial charge in [0.2, 0.25) is 5.91 Å². The van der Waals surface area contributed by atoms with Gasteiger partial charge in [-0.3, -0.25) is 14.3 Å². The van der Waals surface area contributed by atoms with Crippen molar-refractivity contribution in [2.24, 2.45) is 0 Å². The Labute approximate surface area is 202 Å². The SMILES string of the molecule is O=C(Nc1ccc(N2CCCC2=O)c(Cl)c1)c1ccccc1-c1ccc(Cn2cccn2)cc1. The van der Waals surface area contributed by atoms with Crippen LogP contribution in [-0.4, -0.2) is 28.1 Å². The lowest BCUT2D eigenvalue weighted by Gasteiger charge is -2.18. The number of benzene rings is 3. The first-order chi connectivity index (χ1) is 16.6. The predicted octanol–water partition coefficient (Wildman–Crippen LogP) is 5.63. The molecule has 1 saturated heterocycles. The molecule has 0 bridgehead atoms. The van der Waals surface area contributed by atoms with Crippen LogP contribution in [0.2, 0.25) is 5.02 Å². The van der Waals surface area contributed by atoms with E-state index >= 15 is 0 Å². The number of carbonyl (C=O) groups excluding carboxylic acids is 2. The van der Waals surface area contributed by atoms with E-state index in [0.717, 1.165) is 23.1 Å². The first-order valence-corrected chi connectivity index (χ1v) is 11.5. The molecule has 2 heterocycles. The van der Waals surface area contributed by atoms with Crippen LogP contribution >= 0.6 is 11.6 Å². The second kappa shape index (κ2) is 9.53. The zero-order chi connectivity index (χ0) is 23.5. The lowest BCUT2D eigenvalue weighted by molar-refractivity contribution is -0.117. The number of hydrogen-bond donors (Lipinski definition) is 1. The maximum Gasteiger partial charge on any atom is 0.256 e. The minimum absolute atomic E-state index is 0.0725. The van der Waals surface area contributed by atoms with Gasteiger partial charge in [0.15, 0.2) is 0 Å². The molecule has 1 fully saturated rings. The number of halogens is 1. The van der Waals surface area contributed by atoms with E-state index in [0.29, 0.717) is 41.5 Å². The van der Waals surface area contributed by atoms with Crippen molar-refractivity contribution >= 4 is 34.8 Å². The van der Waals surface area contributed by atoms with Gasteiger partial charge in [0.25, 0.3) is 5.91 Å². The van der Waals surface area contributed by atoms with E-state index in [2.05, 4.69) is 10.4 Å². The number of aromatic nitrogens is 2. The average molecular weight is 471 g/mol. The molecular weight excluding hydrogens is 448 g/mol. The van der Waals surface area contributed by atoms with Crippen LogP contribution in [0.3, 0.4) is 0 Å². The van der Waals surface area contributed by atoms with Crippen molar-refractivity contribution in [3.8, 4) is 11.1 Å². The standard InChI is InChI=1S/C27H23ClN4O2/c28-24-17-21(12-13-25(24)32-16-3-7-26(32)33)30-27(34)23-6-2-1-5-22(23)20-10-8-19(9-11-20)18-31-15-4-14-29-31/h1-2,4-6,8-15,17H,3,7,16,18H2,(H,30,34). The smallest absolute Gasteiger partial charge is 0.256 e. The molecule has 0 aliphatic carbocycles. The molecule has 1 aromatic heterocycles. The molecule has 1 N–H and O–H groups in total. The Morgan fingerprint density at radius 2 is 1.85 bits per heavy atom. The Balaban J connectivity index is 1.34. The summed E-state index contributed by atoms with van der Waals surface area (Å²) in [7, 11) is 0. The summed E-state index contributed by atoms with van der Waals surface area (Å²) in [6, 6.07) is 22.8. The van der Waals surface area contributed by atoms with Gasteiger partial charge >= 0.3 is 0 Å². The maximum absolute atomic E-state index is 13.2. The van der Waals surface area contributed by atoms with Gasteiger partial charge in [-0.2, -0.15) is 5.10 Å². The number of nitrogens with zero attached hydrogens (tertiary/aromatic N) is 3. The summed E-state index contributed by atoms with van der Waals surface area (Å²) in [6.45, 7) is 1.35. The molecule has 0 radical (unpaired) electrons. The third-order valence-corrected chi connectivity index (χ3v) is 6.21. The molecule has 4 aromatic rings.